The predicted molar refractivity (Wildman–Crippen MR) is 55.7 cm³/mol. The van der Waals surface area contributed by atoms with Gasteiger partial charge in [-0.15, -0.1) is 0 Å². The SMILES string of the molecule is CC(C)(C)C1=CC(C(F)(F)F)=C(Cl)CC1. The van der Waals surface area contributed by atoms with Gasteiger partial charge in [-0.3, -0.25) is 0 Å². The monoisotopic (exact) mass is 238 g/mol. The van der Waals surface area contributed by atoms with Crippen molar-refractivity contribution in [3.05, 3.63) is 22.3 Å². The van der Waals surface area contributed by atoms with Crippen molar-refractivity contribution >= 4 is 11.6 Å². The minimum absolute atomic E-state index is 0.0736. The molecule has 0 spiro atoms. The van der Waals surface area contributed by atoms with Crippen LogP contribution in [0.3, 0.4) is 0 Å². The maximum atomic E-state index is 12.6. The largest absolute Gasteiger partial charge is 0.417 e. The fourth-order valence-corrected chi connectivity index (χ4v) is 1.79. The molecule has 0 heterocycles. The van der Waals surface area contributed by atoms with E-state index in [1.807, 2.05) is 20.8 Å². The van der Waals surface area contributed by atoms with E-state index in [1.165, 1.54) is 6.08 Å². The smallest absolute Gasteiger partial charge is 0.166 e. The van der Waals surface area contributed by atoms with Crippen molar-refractivity contribution in [2.24, 2.45) is 5.41 Å². The highest BCUT2D eigenvalue weighted by atomic mass is 35.5. The van der Waals surface area contributed by atoms with Crippen LogP contribution in [0.15, 0.2) is 22.3 Å². The number of halogens is 4. The number of alkyl halides is 3. The molecule has 86 valence electrons. The normalized spacial score (nSPS) is 19.3. The molecule has 1 aliphatic carbocycles. The highest BCUT2D eigenvalue weighted by molar-refractivity contribution is 6.30. The van der Waals surface area contributed by atoms with E-state index in [-0.39, 0.29) is 10.4 Å². The van der Waals surface area contributed by atoms with E-state index in [4.69, 9.17) is 11.6 Å². The van der Waals surface area contributed by atoms with Gasteiger partial charge < -0.3 is 0 Å². The van der Waals surface area contributed by atoms with E-state index in [0.717, 1.165) is 5.57 Å². The van der Waals surface area contributed by atoms with E-state index in [2.05, 4.69) is 0 Å². The summed E-state index contributed by atoms with van der Waals surface area (Å²) >= 11 is 5.60. The Balaban J connectivity index is 3.11. The van der Waals surface area contributed by atoms with Gasteiger partial charge in [-0.25, -0.2) is 0 Å². The lowest BCUT2D eigenvalue weighted by molar-refractivity contribution is -0.0890. The summed E-state index contributed by atoms with van der Waals surface area (Å²) in [7, 11) is 0. The first kappa shape index (κ1) is 12.6. The van der Waals surface area contributed by atoms with Crippen LogP contribution in [0.1, 0.15) is 33.6 Å². The topological polar surface area (TPSA) is 0 Å². The van der Waals surface area contributed by atoms with Crippen molar-refractivity contribution in [3.63, 3.8) is 0 Å². The summed E-state index contributed by atoms with van der Waals surface area (Å²) in [4.78, 5) is 0. The molecule has 0 aromatic rings. The molecule has 0 saturated heterocycles. The molecule has 1 aliphatic rings. The second kappa shape index (κ2) is 3.85. The van der Waals surface area contributed by atoms with Gasteiger partial charge in [0.05, 0.1) is 5.57 Å². The van der Waals surface area contributed by atoms with Crippen LogP contribution in [0.5, 0.6) is 0 Å². The Morgan fingerprint density at radius 2 is 1.67 bits per heavy atom. The van der Waals surface area contributed by atoms with Crippen LogP contribution in [0.2, 0.25) is 0 Å². The molecule has 0 bridgehead atoms. The van der Waals surface area contributed by atoms with E-state index >= 15 is 0 Å². The van der Waals surface area contributed by atoms with Crippen molar-refractivity contribution in [1.29, 1.82) is 0 Å². The Morgan fingerprint density at radius 3 is 2.07 bits per heavy atom. The van der Waals surface area contributed by atoms with Crippen LogP contribution < -0.4 is 0 Å². The molecule has 0 N–H and O–H groups in total. The standard InChI is InChI=1S/C11H14ClF3/c1-10(2,3)7-4-5-9(12)8(6-7)11(13,14)15/h6H,4-5H2,1-3H3. The lowest BCUT2D eigenvalue weighted by Crippen LogP contribution is -2.18. The maximum absolute atomic E-state index is 12.6. The van der Waals surface area contributed by atoms with Gasteiger partial charge in [0.2, 0.25) is 0 Å². The Bertz CT molecular complexity index is 316. The fraction of sp³-hybridized carbons (Fsp3) is 0.636. The maximum Gasteiger partial charge on any atom is 0.417 e. The zero-order valence-corrected chi connectivity index (χ0v) is 9.76. The third-order valence-corrected chi connectivity index (χ3v) is 2.89. The first-order chi connectivity index (χ1) is 6.62. The zero-order chi connectivity index (χ0) is 11.9. The van der Waals surface area contributed by atoms with Crippen LogP contribution in [-0.2, 0) is 0 Å². The quantitative estimate of drug-likeness (QED) is 0.568. The average molecular weight is 239 g/mol. The van der Waals surface area contributed by atoms with Crippen LogP contribution in [0.25, 0.3) is 0 Å². The molecule has 15 heavy (non-hydrogen) atoms. The summed E-state index contributed by atoms with van der Waals surface area (Å²) in [5, 5.41) is -0.0736. The molecule has 4 heteroatoms. The lowest BCUT2D eigenvalue weighted by Gasteiger charge is -2.27. The molecule has 0 saturated carbocycles. The molecule has 0 aromatic heterocycles. The van der Waals surface area contributed by atoms with E-state index in [1.54, 1.807) is 0 Å². The van der Waals surface area contributed by atoms with Gasteiger partial charge in [0.15, 0.2) is 0 Å². The first-order valence-corrected chi connectivity index (χ1v) is 5.17. The highest BCUT2D eigenvalue weighted by Crippen LogP contribution is 2.41. The number of rotatable bonds is 0. The second-order valence-electron chi connectivity index (χ2n) is 4.74. The second-order valence-corrected chi connectivity index (χ2v) is 5.19. The molecule has 0 radical (unpaired) electrons. The number of allylic oxidation sites excluding steroid dienone is 4. The Morgan fingerprint density at radius 1 is 1.13 bits per heavy atom. The minimum Gasteiger partial charge on any atom is -0.166 e. The molecule has 0 fully saturated rings. The summed E-state index contributed by atoms with van der Waals surface area (Å²) < 4.78 is 37.7. The van der Waals surface area contributed by atoms with Gasteiger partial charge in [-0.05, 0) is 24.3 Å². The molecule has 0 aliphatic heterocycles. The number of hydrogen-bond donors (Lipinski definition) is 0. The molecular formula is C11H14ClF3. The van der Waals surface area contributed by atoms with E-state index in [0.29, 0.717) is 12.8 Å². The molecule has 0 amide bonds. The minimum atomic E-state index is -4.34. The average Bonchev–Trinajstić information content (AvgIpc) is 2.00. The third-order valence-electron chi connectivity index (χ3n) is 2.49. The van der Waals surface area contributed by atoms with Crippen LogP contribution in [0, 0.1) is 5.41 Å². The van der Waals surface area contributed by atoms with E-state index in [9.17, 15) is 13.2 Å². The predicted octanol–water partition coefficient (Wildman–Crippen LogP) is 4.81. The van der Waals surface area contributed by atoms with Gasteiger partial charge in [-0.1, -0.05) is 37.9 Å². The Kier molecular flexibility index (Phi) is 3.24. The lowest BCUT2D eigenvalue weighted by atomic mass is 9.80. The summed E-state index contributed by atoms with van der Waals surface area (Å²) in [6.07, 6.45) is -2.23. The van der Waals surface area contributed by atoms with Crippen LogP contribution in [0.4, 0.5) is 13.2 Å². The number of hydrogen-bond acceptors (Lipinski definition) is 0. The zero-order valence-electron chi connectivity index (χ0n) is 9.00. The van der Waals surface area contributed by atoms with E-state index < -0.39 is 11.7 Å². The first-order valence-electron chi connectivity index (χ1n) is 4.79. The molecule has 0 aromatic carbocycles. The third kappa shape index (κ3) is 3.00. The summed E-state index contributed by atoms with van der Waals surface area (Å²) in [6.45, 7) is 5.73. The fourth-order valence-electron chi connectivity index (χ4n) is 1.53. The van der Waals surface area contributed by atoms with Crippen molar-refractivity contribution in [2.75, 3.05) is 0 Å². The Labute approximate surface area is 92.8 Å². The Hall–Kier alpha value is -0.440. The van der Waals surface area contributed by atoms with Gasteiger partial charge in [0.1, 0.15) is 0 Å². The van der Waals surface area contributed by atoms with Crippen molar-refractivity contribution < 1.29 is 13.2 Å². The molecule has 0 nitrogen and oxygen atoms in total. The summed E-state index contributed by atoms with van der Waals surface area (Å²) in [6, 6.07) is 0. The van der Waals surface area contributed by atoms with Crippen molar-refractivity contribution in [3.8, 4) is 0 Å². The molecule has 0 unspecified atom stereocenters. The van der Waals surface area contributed by atoms with Gasteiger partial charge in [0, 0.05) is 5.03 Å². The van der Waals surface area contributed by atoms with Crippen LogP contribution in [-0.4, -0.2) is 6.18 Å². The van der Waals surface area contributed by atoms with Gasteiger partial charge >= 0.3 is 6.18 Å². The molecule has 0 atom stereocenters. The van der Waals surface area contributed by atoms with Crippen molar-refractivity contribution in [1.82, 2.24) is 0 Å². The molecule has 1 rings (SSSR count). The highest BCUT2D eigenvalue weighted by Gasteiger charge is 2.37. The summed E-state index contributed by atoms with van der Waals surface area (Å²) in [5.74, 6) is 0. The van der Waals surface area contributed by atoms with Crippen molar-refractivity contribution in [2.45, 2.75) is 39.8 Å². The van der Waals surface area contributed by atoms with Gasteiger partial charge in [0.25, 0.3) is 0 Å². The molecular weight excluding hydrogens is 225 g/mol. The summed E-state index contributed by atoms with van der Waals surface area (Å²) in [5.41, 5.74) is -0.103. The van der Waals surface area contributed by atoms with Gasteiger partial charge in [-0.2, -0.15) is 13.2 Å². The van der Waals surface area contributed by atoms with Crippen LogP contribution >= 0.6 is 11.6 Å².